The summed E-state index contributed by atoms with van der Waals surface area (Å²) in [6.45, 7) is 0. The highest BCUT2D eigenvalue weighted by molar-refractivity contribution is 9.13. The number of anilines is 2. The van der Waals surface area contributed by atoms with Gasteiger partial charge in [0.2, 0.25) is 11.8 Å². The molecule has 8 rings (SSSR count). The number of nitrogens with zero attached hydrogens (tertiary/aromatic N) is 2. The van der Waals surface area contributed by atoms with Crippen molar-refractivity contribution >= 4 is 90.1 Å². The van der Waals surface area contributed by atoms with Crippen molar-refractivity contribution in [1.82, 2.24) is 5.01 Å². The first-order valence-electron chi connectivity index (χ1n) is 16.6. The van der Waals surface area contributed by atoms with Gasteiger partial charge in [-0.15, -0.1) is 0 Å². The fourth-order valence-corrected chi connectivity index (χ4v) is 10.0. The minimum absolute atomic E-state index is 0.0553. The predicted octanol–water partition coefficient (Wildman–Crippen LogP) is 8.56. The summed E-state index contributed by atoms with van der Waals surface area (Å²) < 4.78 is 20.2. The molecule has 9 nitrogen and oxygen atoms in total. The van der Waals surface area contributed by atoms with Crippen molar-refractivity contribution in [2.75, 3.05) is 17.4 Å². The number of methoxy groups -OCH3 is 1. The molecule has 2 heterocycles. The number of fused-ring (bicyclic) bond motifs is 4. The highest BCUT2D eigenvalue weighted by Crippen LogP contribution is 2.65. The zero-order chi connectivity index (χ0) is 37.5. The Morgan fingerprint density at radius 1 is 0.868 bits per heavy atom. The summed E-state index contributed by atoms with van der Waals surface area (Å²) in [6.07, 6.45) is 2.19. The van der Waals surface area contributed by atoms with E-state index in [4.69, 9.17) is 27.9 Å². The van der Waals surface area contributed by atoms with Gasteiger partial charge in [-0.25, -0.2) is 4.39 Å². The summed E-state index contributed by atoms with van der Waals surface area (Å²) in [6, 6.07) is 20.1. The Bertz CT molecular complexity index is 2260. The number of aromatic hydroxyl groups is 1. The van der Waals surface area contributed by atoms with Crippen LogP contribution in [0, 0.1) is 29.5 Å². The lowest BCUT2D eigenvalue weighted by Crippen LogP contribution is -2.53. The standard InChI is InChI=1S/C39H28Br2Cl2FN3O6/c1-53-29-17-27(32(40)33(41)34(29)48)31-24-14-15-25-30(37(51)46(35(25)49)23-12-6-20(43)7-13-23)26(24)16-28-36(50)47(45-22-10-8-21(44)9-11-22)38(52)39(28,31)18-2-4-19(42)5-3-18/h2-14,17,25-26,28,30-31,45,48H,15-16H2,1H3/t25-,26+,28-,30-,31+,39+/m0/s1. The van der Waals surface area contributed by atoms with E-state index in [-0.39, 0.29) is 34.7 Å². The molecule has 4 amide bonds. The molecule has 2 saturated heterocycles. The molecule has 53 heavy (non-hydrogen) atoms. The van der Waals surface area contributed by atoms with E-state index in [2.05, 4.69) is 37.3 Å². The van der Waals surface area contributed by atoms with Gasteiger partial charge < -0.3 is 9.84 Å². The van der Waals surface area contributed by atoms with Crippen molar-refractivity contribution in [2.24, 2.45) is 23.7 Å². The van der Waals surface area contributed by atoms with Gasteiger partial charge in [0.1, 0.15) is 5.82 Å². The van der Waals surface area contributed by atoms with Gasteiger partial charge in [0.05, 0.1) is 46.1 Å². The lowest BCUT2D eigenvalue weighted by molar-refractivity contribution is -0.138. The lowest BCUT2D eigenvalue weighted by atomic mass is 9.49. The van der Waals surface area contributed by atoms with Gasteiger partial charge >= 0.3 is 0 Å². The third kappa shape index (κ3) is 5.35. The molecule has 0 aromatic heterocycles. The number of carbonyl (C=O) groups excluding carboxylic acids is 4. The summed E-state index contributed by atoms with van der Waals surface area (Å²) in [5, 5.41) is 12.8. The number of benzene rings is 4. The molecule has 14 heteroatoms. The van der Waals surface area contributed by atoms with Crippen LogP contribution in [0.4, 0.5) is 15.8 Å². The van der Waals surface area contributed by atoms with Crippen LogP contribution in [0.15, 0.2) is 99.5 Å². The fourth-order valence-electron chi connectivity index (χ4n) is 8.82. The van der Waals surface area contributed by atoms with Crippen LogP contribution >= 0.6 is 55.1 Å². The summed E-state index contributed by atoms with van der Waals surface area (Å²) in [5.41, 5.74) is 3.68. The van der Waals surface area contributed by atoms with Crippen LogP contribution in [0.5, 0.6) is 11.5 Å². The van der Waals surface area contributed by atoms with Crippen LogP contribution < -0.4 is 15.1 Å². The molecule has 4 aliphatic rings. The third-order valence-electron chi connectivity index (χ3n) is 11.0. The van der Waals surface area contributed by atoms with Gasteiger partial charge in [0, 0.05) is 20.4 Å². The molecule has 270 valence electrons. The number of carbonyl (C=O) groups is 4. The number of phenolic OH excluding ortho intramolecular Hbond substituents is 1. The molecule has 0 bridgehead atoms. The zero-order valence-electron chi connectivity index (χ0n) is 27.7. The fraction of sp³-hybridized carbons (Fsp3) is 0.231. The summed E-state index contributed by atoms with van der Waals surface area (Å²) in [4.78, 5) is 60.0. The number of ether oxygens (including phenoxy) is 1. The van der Waals surface area contributed by atoms with E-state index < -0.39 is 58.5 Å². The quantitative estimate of drug-likeness (QED) is 0.147. The molecule has 6 atom stereocenters. The molecule has 2 aliphatic carbocycles. The number of phenols is 1. The first-order chi connectivity index (χ1) is 25.4. The van der Waals surface area contributed by atoms with E-state index in [1.165, 1.54) is 36.3 Å². The second kappa shape index (κ2) is 13.3. The molecule has 2 aliphatic heterocycles. The number of halogens is 5. The van der Waals surface area contributed by atoms with Crippen LogP contribution in [0.1, 0.15) is 29.9 Å². The van der Waals surface area contributed by atoms with Gasteiger partial charge in [-0.05, 0) is 128 Å². The highest BCUT2D eigenvalue weighted by Gasteiger charge is 2.70. The maximum Gasteiger partial charge on any atom is 0.260 e. The van der Waals surface area contributed by atoms with E-state index in [1.807, 2.05) is 6.08 Å². The lowest BCUT2D eigenvalue weighted by Gasteiger charge is -2.51. The monoisotopic (exact) mass is 881 g/mol. The van der Waals surface area contributed by atoms with E-state index in [0.29, 0.717) is 42.6 Å². The van der Waals surface area contributed by atoms with Crippen molar-refractivity contribution in [2.45, 2.75) is 24.2 Å². The summed E-state index contributed by atoms with van der Waals surface area (Å²) in [5.74, 6) is -6.67. The van der Waals surface area contributed by atoms with Crippen LogP contribution in [0.2, 0.25) is 10.0 Å². The minimum Gasteiger partial charge on any atom is -0.503 e. The van der Waals surface area contributed by atoms with Crippen molar-refractivity contribution in [3.63, 3.8) is 0 Å². The van der Waals surface area contributed by atoms with Crippen molar-refractivity contribution in [3.05, 3.63) is 126 Å². The first-order valence-corrected chi connectivity index (χ1v) is 19.0. The molecule has 4 aromatic rings. The molecular formula is C39H28Br2Cl2FN3O6. The number of hydrogen-bond acceptors (Lipinski definition) is 7. The Kier molecular flexibility index (Phi) is 8.95. The molecule has 3 fully saturated rings. The molecule has 0 radical (unpaired) electrons. The molecular weight excluding hydrogens is 856 g/mol. The summed E-state index contributed by atoms with van der Waals surface area (Å²) in [7, 11) is 1.40. The van der Waals surface area contributed by atoms with Crippen LogP contribution in [-0.4, -0.2) is 40.9 Å². The Labute approximate surface area is 329 Å². The number of amides is 4. The molecule has 2 N–H and O–H groups in total. The number of hydrogen-bond donors (Lipinski definition) is 2. The maximum absolute atomic E-state index is 15.4. The van der Waals surface area contributed by atoms with E-state index in [1.54, 1.807) is 54.6 Å². The molecule has 4 aromatic carbocycles. The van der Waals surface area contributed by atoms with Crippen LogP contribution in [0.3, 0.4) is 0 Å². The Hall–Kier alpha value is -4.23. The average Bonchev–Trinajstić information content (AvgIpc) is 3.53. The van der Waals surface area contributed by atoms with E-state index in [0.717, 1.165) is 5.01 Å². The number of rotatable bonds is 6. The number of allylic oxidation sites excluding steroid dienone is 2. The van der Waals surface area contributed by atoms with Crippen molar-refractivity contribution < 1.29 is 33.4 Å². The Morgan fingerprint density at radius 3 is 2.15 bits per heavy atom. The second-order valence-corrected chi connectivity index (χ2v) is 16.0. The number of nitrogens with one attached hydrogen (secondary N) is 1. The number of hydrazine groups is 1. The topological polar surface area (TPSA) is 116 Å². The maximum atomic E-state index is 15.4. The smallest absolute Gasteiger partial charge is 0.260 e. The normalized spacial score (nSPS) is 26.3. The number of imide groups is 2. The molecule has 1 saturated carbocycles. The highest BCUT2D eigenvalue weighted by atomic mass is 79.9. The predicted molar refractivity (Wildman–Crippen MR) is 203 cm³/mol. The average molecular weight is 884 g/mol. The largest absolute Gasteiger partial charge is 0.503 e. The SMILES string of the molecule is COc1cc([C@H]2C3=CC[C@@H]4C(=O)N(c5ccc(Cl)cc5)C(=O)[C@@H]4[C@@H]3C[C@H]3C(=O)N(Nc4ccc(F)cc4)C(=O)[C@@]23c2ccc(Cl)cc2)c(Br)c(Br)c1O. The van der Waals surface area contributed by atoms with Gasteiger partial charge in [-0.3, -0.25) is 29.5 Å². The van der Waals surface area contributed by atoms with Crippen LogP contribution in [-0.2, 0) is 24.6 Å². The third-order valence-corrected chi connectivity index (χ3v) is 13.7. The van der Waals surface area contributed by atoms with Gasteiger partial charge in [-0.1, -0.05) is 47.0 Å². The minimum atomic E-state index is -1.63. The van der Waals surface area contributed by atoms with Gasteiger partial charge in [0.15, 0.2) is 11.5 Å². The summed E-state index contributed by atoms with van der Waals surface area (Å²) >= 11 is 19.7. The van der Waals surface area contributed by atoms with Gasteiger partial charge in [-0.2, -0.15) is 5.01 Å². The molecule has 0 unspecified atom stereocenters. The van der Waals surface area contributed by atoms with Crippen LogP contribution in [0.25, 0.3) is 0 Å². The zero-order valence-corrected chi connectivity index (χ0v) is 32.3. The Balaban J connectivity index is 1.37. The van der Waals surface area contributed by atoms with Gasteiger partial charge in [0.25, 0.3) is 11.8 Å². The molecule has 0 spiro atoms. The van der Waals surface area contributed by atoms with E-state index >= 15 is 4.79 Å². The first kappa shape index (κ1) is 35.8. The van der Waals surface area contributed by atoms with Crippen molar-refractivity contribution in [3.8, 4) is 11.5 Å². The second-order valence-electron chi connectivity index (χ2n) is 13.5. The van der Waals surface area contributed by atoms with E-state index in [9.17, 15) is 23.9 Å². The van der Waals surface area contributed by atoms with Crippen molar-refractivity contribution in [1.29, 1.82) is 0 Å². The Morgan fingerprint density at radius 2 is 1.51 bits per heavy atom.